The molecule has 0 saturated carbocycles. The van der Waals surface area contributed by atoms with Crippen molar-refractivity contribution in [2.24, 2.45) is 0 Å². The molecule has 2 aromatic heterocycles. The molecule has 0 aliphatic heterocycles. The topological polar surface area (TPSA) is 90.9 Å². The predicted molar refractivity (Wildman–Crippen MR) is 77.3 cm³/mol. The number of nitrogens with zero attached hydrogens (tertiary/aromatic N) is 2. The predicted octanol–water partition coefficient (Wildman–Crippen LogP) is 1.03. The Morgan fingerprint density at radius 1 is 1.52 bits per heavy atom. The van der Waals surface area contributed by atoms with Gasteiger partial charge in [0.15, 0.2) is 0 Å². The van der Waals surface area contributed by atoms with Crippen molar-refractivity contribution < 1.29 is 9.90 Å². The lowest BCUT2D eigenvalue weighted by Gasteiger charge is -2.14. The van der Waals surface area contributed by atoms with Gasteiger partial charge >= 0.3 is 0 Å². The molecule has 6 nitrogen and oxygen atoms in total. The summed E-state index contributed by atoms with van der Waals surface area (Å²) in [6, 6.07) is 1.46. The summed E-state index contributed by atoms with van der Waals surface area (Å²) in [4.78, 5) is 23.4. The molecule has 3 N–H and O–H groups in total. The number of pyridine rings is 1. The van der Waals surface area contributed by atoms with E-state index in [1.807, 2.05) is 6.92 Å². The molecule has 0 bridgehead atoms. The van der Waals surface area contributed by atoms with Gasteiger partial charge in [0.05, 0.1) is 11.6 Å². The monoisotopic (exact) mass is 284 g/mol. The Labute approximate surface area is 122 Å². The van der Waals surface area contributed by atoms with Crippen molar-refractivity contribution in [1.29, 1.82) is 0 Å². The number of aromatic nitrogens is 3. The highest BCUT2D eigenvalue weighted by Crippen LogP contribution is 2.12. The van der Waals surface area contributed by atoms with Crippen molar-refractivity contribution in [3.8, 4) is 11.8 Å². The van der Waals surface area contributed by atoms with Crippen LogP contribution in [0.3, 0.4) is 0 Å². The fraction of sp³-hybridized carbons (Fsp3) is 0.267. The Hall–Kier alpha value is -2.65. The SMILES string of the molecule is CCC(NC(=O)c1cncc(C#CCO)c1)c1ncc[nH]1. The van der Waals surface area contributed by atoms with Crippen LogP contribution in [0.4, 0.5) is 0 Å². The maximum Gasteiger partial charge on any atom is 0.253 e. The maximum atomic E-state index is 12.2. The van der Waals surface area contributed by atoms with Gasteiger partial charge in [-0.1, -0.05) is 18.8 Å². The zero-order valence-corrected chi connectivity index (χ0v) is 11.6. The van der Waals surface area contributed by atoms with Crippen LogP contribution in [0.15, 0.2) is 30.9 Å². The lowest BCUT2D eigenvalue weighted by atomic mass is 10.1. The van der Waals surface area contributed by atoms with Gasteiger partial charge in [-0.2, -0.15) is 0 Å². The average Bonchev–Trinajstić information content (AvgIpc) is 3.04. The first kappa shape index (κ1) is 14.8. The van der Waals surface area contributed by atoms with Gasteiger partial charge in [-0.05, 0) is 12.5 Å². The number of amides is 1. The minimum absolute atomic E-state index is 0.181. The van der Waals surface area contributed by atoms with Crippen LogP contribution in [0.2, 0.25) is 0 Å². The first-order valence-corrected chi connectivity index (χ1v) is 6.59. The van der Waals surface area contributed by atoms with Crippen molar-refractivity contribution in [3.05, 3.63) is 47.8 Å². The van der Waals surface area contributed by atoms with E-state index in [-0.39, 0.29) is 18.6 Å². The molecule has 0 aliphatic rings. The quantitative estimate of drug-likeness (QED) is 0.731. The maximum absolute atomic E-state index is 12.2. The van der Waals surface area contributed by atoms with E-state index in [2.05, 4.69) is 32.1 Å². The van der Waals surface area contributed by atoms with Crippen LogP contribution in [-0.4, -0.2) is 32.6 Å². The molecule has 2 aromatic rings. The van der Waals surface area contributed by atoms with E-state index in [9.17, 15) is 4.79 Å². The summed E-state index contributed by atoms with van der Waals surface area (Å²) in [5, 5.41) is 11.6. The first-order chi connectivity index (χ1) is 10.2. The number of hydrogen-bond acceptors (Lipinski definition) is 4. The Morgan fingerprint density at radius 2 is 2.38 bits per heavy atom. The largest absolute Gasteiger partial charge is 0.384 e. The molecule has 1 atom stereocenters. The second kappa shape index (κ2) is 7.22. The molecule has 2 heterocycles. The Balaban J connectivity index is 2.12. The van der Waals surface area contributed by atoms with Gasteiger partial charge in [0.2, 0.25) is 0 Å². The number of aliphatic hydroxyl groups excluding tert-OH is 1. The minimum Gasteiger partial charge on any atom is -0.384 e. The van der Waals surface area contributed by atoms with Gasteiger partial charge in [-0.25, -0.2) is 4.98 Å². The molecule has 0 radical (unpaired) electrons. The van der Waals surface area contributed by atoms with E-state index in [0.29, 0.717) is 11.1 Å². The Bertz CT molecular complexity index is 656. The lowest BCUT2D eigenvalue weighted by molar-refractivity contribution is 0.0933. The number of aliphatic hydroxyl groups is 1. The fourth-order valence-electron chi connectivity index (χ4n) is 1.85. The number of H-pyrrole nitrogens is 1. The van der Waals surface area contributed by atoms with Crippen LogP contribution < -0.4 is 5.32 Å². The number of rotatable bonds is 4. The third-order valence-corrected chi connectivity index (χ3v) is 2.88. The van der Waals surface area contributed by atoms with Crippen LogP contribution in [0.1, 0.15) is 41.1 Å². The van der Waals surface area contributed by atoms with Crippen molar-refractivity contribution in [2.45, 2.75) is 19.4 Å². The van der Waals surface area contributed by atoms with Crippen molar-refractivity contribution in [1.82, 2.24) is 20.3 Å². The van der Waals surface area contributed by atoms with Crippen LogP contribution in [-0.2, 0) is 0 Å². The summed E-state index contributed by atoms with van der Waals surface area (Å²) in [5.74, 6) is 5.73. The molecule has 0 aromatic carbocycles. The van der Waals surface area contributed by atoms with Crippen molar-refractivity contribution >= 4 is 5.91 Å². The third kappa shape index (κ3) is 3.91. The second-order valence-corrected chi connectivity index (χ2v) is 4.33. The molecular formula is C15H16N4O2. The van der Waals surface area contributed by atoms with Crippen molar-refractivity contribution in [2.75, 3.05) is 6.61 Å². The zero-order valence-electron chi connectivity index (χ0n) is 11.6. The van der Waals surface area contributed by atoms with Gasteiger partial charge in [0, 0.05) is 30.4 Å². The zero-order chi connectivity index (χ0) is 15.1. The van der Waals surface area contributed by atoms with Crippen molar-refractivity contribution in [3.63, 3.8) is 0 Å². The highest BCUT2D eigenvalue weighted by atomic mass is 16.2. The van der Waals surface area contributed by atoms with Crippen LogP contribution in [0.25, 0.3) is 0 Å². The van der Waals surface area contributed by atoms with Gasteiger partial charge < -0.3 is 15.4 Å². The van der Waals surface area contributed by atoms with Crippen LogP contribution in [0.5, 0.6) is 0 Å². The number of hydrogen-bond donors (Lipinski definition) is 3. The normalized spacial score (nSPS) is 11.3. The summed E-state index contributed by atoms with van der Waals surface area (Å²) in [6.45, 7) is 1.74. The van der Waals surface area contributed by atoms with E-state index < -0.39 is 0 Å². The van der Waals surface area contributed by atoms with E-state index in [1.54, 1.807) is 24.7 Å². The smallest absolute Gasteiger partial charge is 0.253 e. The fourth-order valence-corrected chi connectivity index (χ4v) is 1.85. The summed E-state index contributed by atoms with van der Waals surface area (Å²) in [6.07, 6.45) is 7.11. The number of carbonyl (C=O) groups excluding carboxylic acids is 1. The van der Waals surface area contributed by atoms with E-state index in [1.165, 1.54) is 6.20 Å². The molecule has 0 fully saturated rings. The number of imidazole rings is 1. The molecule has 1 unspecified atom stereocenters. The molecule has 0 aliphatic carbocycles. The summed E-state index contributed by atoms with van der Waals surface area (Å²) >= 11 is 0. The minimum atomic E-state index is -0.238. The van der Waals surface area contributed by atoms with Gasteiger partial charge in [0.1, 0.15) is 12.4 Å². The highest BCUT2D eigenvalue weighted by Gasteiger charge is 2.16. The Morgan fingerprint density at radius 3 is 3.05 bits per heavy atom. The molecule has 0 saturated heterocycles. The van der Waals surface area contributed by atoms with E-state index in [0.717, 1.165) is 12.2 Å². The second-order valence-electron chi connectivity index (χ2n) is 4.33. The first-order valence-electron chi connectivity index (χ1n) is 6.59. The third-order valence-electron chi connectivity index (χ3n) is 2.88. The van der Waals surface area contributed by atoms with Crippen LogP contribution in [0, 0.1) is 11.8 Å². The number of nitrogens with one attached hydrogen (secondary N) is 2. The number of carbonyl (C=O) groups is 1. The standard InChI is InChI=1S/C15H16N4O2/c1-2-13(14-17-5-6-18-14)19-15(21)12-8-11(4-3-7-20)9-16-10-12/h5-6,8-10,13,20H,2,7H2,1H3,(H,17,18)(H,19,21). The van der Waals surface area contributed by atoms with Gasteiger partial charge in [0.25, 0.3) is 5.91 Å². The Kier molecular flexibility index (Phi) is 5.07. The molecule has 21 heavy (non-hydrogen) atoms. The molecule has 2 rings (SSSR count). The highest BCUT2D eigenvalue weighted by molar-refractivity contribution is 5.94. The summed E-state index contributed by atoms with van der Waals surface area (Å²) in [5.41, 5.74) is 1.01. The lowest BCUT2D eigenvalue weighted by Crippen LogP contribution is -2.29. The molecule has 1 amide bonds. The summed E-state index contributed by atoms with van der Waals surface area (Å²) in [7, 11) is 0. The summed E-state index contributed by atoms with van der Waals surface area (Å²) < 4.78 is 0. The molecular weight excluding hydrogens is 268 g/mol. The average molecular weight is 284 g/mol. The van der Waals surface area contributed by atoms with E-state index >= 15 is 0 Å². The van der Waals surface area contributed by atoms with E-state index in [4.69, 9.17) is 5.11 Å². The molecule has 6 heteroatoms. The molecule has 0 spiro atoms. The number of aromatic amines is 1. The molecule has 108 valence electrons. The van der Waals surface area contributed by atoms with Crippen LogP contribution >= 0.6 is 0 Å². The van der Waals surface area contributed by atoms with Gasteiger partial charge in [-0.3, -0.25) is 9.78 Å². The van der Waals surface area contributed by atoms with Gasteiger partial charge in [-0.15, -0.1) is 0 Å².